The van der Waals surface area contributed by atoms with Crippen LogP contribution in [0.3, 0.4) is 0 Å². The van der Waals surface area contributed by atoms with E-state index in [1.807, 2.05) is 37.3 Å². The van der Waals surface area contributed by atoms with E-state index in [9.17, 15) is 14.7 Å². The minimum atomic E-state index is -1.03. The summed E-state index contributed by atoms with van der Waals surface area (Å²) in [6.07, 6.45) is 1.21. The molecule has 5 N–H and O–H groups in total. The molecule has 0 aliphatic carbocycles. The number of hydrogen-bond acceptors (Lipinski definition) is 3. The molecular formula is C26H24ClN3O3. The Morgan fingerprint density at radius 1 is 1.21 bits per heavy atom. The average molecular weight is 462 g/mol. The highest BCUT2D eigenvalue weighted by atomic mass is 35.5. The van der Waals surface area contributed by atoms with Gasteiger partial charge in [0.05, 0.1) is 16.7 Å². The molecule has 0 bridgehead atoms. The number of carbonyl (C=O) groups excluding carboxylic acids is 2. The van der Waals surface area contributed by atoms with Crippen molar-refractivity contribution in [2.45, 2.75) is 26.4 Å². The molecule has 0 saturated carbocycles. The lowest BCUT2D eigenvalue weighted by atomic mass is 9.92. The normalized spacial score (nSPS) is 11.7. The van der Waals surface area contributed by atoms with Crippen molar-refractivity contribution in [1.82, 2.24) is 4.98 Å². The molecule has 0 atom stereocenters. The van der Waals surface area contributed by atoms with Crippen LogP contribution in [0.2, 0.25) is 5.02 Å². The lowest BCUT2D eigenvalue weighted by Crippen LogP contribution is -2.14. The molecule has 4 aromatic rings. The number of nitrogens with two attached hydrogens (primary N) is 1. The molecule has 0 aliphatic heterocycles. The standard InChI is InChI=1S/C26H24ClN3O3/c1-5-21(31)29-19-8-6-7-15(13(19)2)22-18(27)12-17(25(28)32)24-23(22)16-10-9-14(26(3,4)33)11-20(16)30-24/h5-12,30,33H,1H2,2-4H3,(H2,28,32)(H,29,31). The summed E-state index contributed by atoms with van der Waals surface area (Å²) in [5.74, 6) is -0.923. The highest BCUT2D eigenvalue weighted by Crippen LogP contribution is 2.43. The number of fused-ring (bicyclic) bond motifs is 3. The van der Waals surface area contributed by atoms with Gasteiger partial charge in [0.25, 0.3) is 5.91 Å². The Labute approximate surface area is 196 Å². The van der Waals surface area contributed by atoms with E-state index in [0.29, 0.717) is 21.8 Å². The molecule has 0 spiro atoms. The fourth-order valence-corrected chi connectivity index (χ4v) is 4.42. The summed E-state index contributed by atoms with van der Waals surface area (Å²) in [5.41, 5.74) is 9.88. The van der Waals surface area contributed by atoms with Crippen LogP contribution in [0.5, 0.6) is 0 Å². The van der Waals surface area contributed by atoms with Crippen molar-refractivity contribution in [1.29, 1.82) is 0 Å². The zero-order chi connectivity index (χ0) is 24.1. The maximum atomic E-state index is 12.2. The molecule has 4 rings (SSSR count). The summed E-state index contributed by atoms with van der Waals surface area (Å²) in [7, 11) is 0. The van der Waals surface area contributed by atoms with Gasteiger partial charge in [-0.05, 0) is 61.7 Å². The number of anilines is 1. The topological polar surface area (TPSA) is 108 Å². The summed E-state index contributed by atoms with van der Waals surface area (Å²) in [6, 6.07) is 12.7. The van der Waals surface area contributed by atoms with E-state index in [0.717, 1.165) is 33.0 Å². The molecule has 0 fully saturated rings. The Morgan fingerprint density at radius 2 is 1.94 bits per heavy atom. The third kappa shape index (κ3) is 3.88. The van der Waals surface area contributed by atoms with E-state index in [1.165, 1.54) is 6.08 Å². The number of aliphatic hydroxyl groups is 1. The number of carbonyl (C=O) groups is 2. The molecule has 7 heteroatoms. The van der Waals surface area contributed by atoms with Crippen molar-refractivity contribution in [3.8, 4) is 11.1 Å². The first-order valence-corrected chi connectivity index (χ1v) is 10.7. The van der Waals surface area contributed by atoms with Gasteiger partial charge in [0.2, 0.25) is 5.91 Å². The van der Waals surface area contributed by atoms with Gasteiger partial charge < -0.3 is 21.1 Å². The van der Waals surface area contributed by atoms with Crippen LogP contribution in [0.4, 0.5) is 5.69 Å². The lowest BCUT2D eigenvalue weighted by molar-refractivity contribution is -0.111. The number of rotatable bonds is 5. The van der Waals surface area contributed by atoms with Crippen LogP contribution in [-0.4, -0.2) is 21.9 Å². The van der Waals surface area contributed by atoms with E-state index in [2.05, 4.69) is 16.9 Å². The molecule has 0 saturated heterocycles. The Bertz CT molecular complexity index is 1460. The summed E-state index contributed by atoms with van der Waals surface area (Å²) in [4.78, 5) is 27.4. The van der Waals surface area contributed by atoms with Gasteiger partial charge in [0, 0.05) is 32.6 Å². The quantitative estimate of drug-likeness (QED) is 0.299. The van der Waals surface area contributed by atoms with Crippen molar-refractivity contribution in [2.24, 2.45) is 5.73 Å². The molecule has 33 heavy (non-hydrogen) atoms. The van der Waals surface area contributed by atoms with E-state index < -0.39 is 11.5 Å². The molecule has 1 heterocycles. The zero-order valence-electron chi connectivity index (χ0n) is 18.5. The van der Waals surface area contributed by atoms with Gasteiger partial charge in [0.1, 0.15) is 0 Å². The number of primary amides is 1. The molecule has 1 aromatic heterocycles. The number of aromatic amines is 1. The average Bonchev–Trinajstić information content (AvgIpc) is 3.13. The van der Waals surface area contributed by atoms with Crippen LogP contribution in [0.25, 0.3) is 32.9 Å². The van der Waals surface area contributed by atoms with Gasteiger partial charge in [-0.1, -0.05) is 42.4 Å². The Balaban J connectivity index is 2.10. The monoisotopic (exact) mass is 461 g/mol. The highest BCUT2D eigenvalue weighted by Gasteiger charge is 2.23. The minimum Gasteiger partial charge on any atom is -0.386 e. The van der Waals surface area contributed by atoms with Crippen LogP contribution < -0.4 is 11.1 Å². The summed E-state index contributed by atoms with van der Waals surface area (Å²) in [6.45, 7) is 8.81. The van der Waals surface area contributed by atoms with Gasteiger partial charge in [-0.3, -0.25) is 9.59 Å². The maximum Gasteiger partial charge on any atom is 0.250 e. The number of aromatic nitrogens is 1. The van der Waals surface area contributed by atoms with Gasteiger partial charge in [0.15, 0.2) is 0 Å². The smallest absolute Gasteiger partial charge is 0.250 e. The SMILES string of the molecule is C=CC(=O)Nc1cccc(-c2c(Cl)cc(C(N)=O)c3[nH]c4cc(C(C)(C)O)ccc4c23)c1C. The molecule has 3 aromatic carbocycles. The minimum absolute atomic E-state index is 0.272. The van der Waals surface area contributed by atoms with Crippen molar-refractivity contribution in [3.63, 3.8) is 0 Å². The first-order valence-electron chi connectivity index (χ1n) is 10.4. The van der Waals surface area contributed by atoms with Crippen LogP contribution in [-0.2, 0) is 10.4 Å². The number of benzene rings is 3. The number of halogens is 1. The molecule has 0 radical (unpaired) electrons. The van der Waals surface area contributed by atoms with Gasteiger partial charge in [-0.15, -0.1) is 0 Å². The highest BCUT2D eigenvalue weighted by molar-refractivity contribution is 6.37. The molecule has 168 valence electrons. The van der Waals surface area contributed by atoms with Crippen LogP contribution in [0.1, 0.15) is 35.3 Å². The summed E-state index contributed by atoms with van der Waals surface area (Å²) in [5, 5.41) is 15.2. The number of amides is 2. The van der Waals surface area contributed by atoms with Crippen LogP contribution >= 0.6 is 11.6 Å². The molecular weight excluding hydrogens is 438 g/mol. The van der Waals surface area contributed by atoms with E-state index >= 15 is 0 Å². The van der Waals surface area contributed by atoms with Gasteiger partial charge in [-0.25, -0.2) is 0 Å². The number of hydrogen-bond donors (Lipinski definition) is 4. The summed E-state index contributed by atoms with van der Waals surface area (Å²) >= 11 is 6.74. The van der Waals surface area contributed by atoms with E-state index in [-0.39, 0.29) is 11.5 Å². The molecule has 0 aliphatic rings. The molecule has 2 amide bonds. The fourth-order valence-electron chi connectivity index (χ4n) is 4.11. The second-order valence-corrected chi connectivity index (χ2v) is 8.92. The number of H-pyrrole nitrogens is 1. The fraction of sp³-hybridized carbons (Fsp3) is 0.154. The van der Waals surface area contributed by atoms with Crippen LogP contribution in [0.15, 0.2) is 55.1 Å². The van der Waals surface area contributed by atoms with Crippen LogP contribution in [0, 0.1) is 6.92 Å². The third-order valence-corrected chi connectivity index (χ3v) is 6.14. The maximum absolute atomic E-state index is 12.2. The Morgan fingerprint density at radius 3 is 2.58 bits per heavy atom. The first kappa shape index (κ1) is 22.6. The van der Waals surface area contributed by atoms with Gasteiger partial charge >= 0.3 is 0 Å². The Kier molecular flexibility index (Phi) is 5.52. The second kappa shape index (κ2) is 8.06. The van der Waals surface area contributed by atoms with Crippen molar-refractivity contribution in [2.75, 3.05) is 5.32 Å². The summed E-state index contributed by atoms with van der Waals surface area (Å²) < 4.78 is 0. The van der Waals surface area contributed by atoms with Crippen molar-refractivity contribution >= 4 is 50.9 Å². The molecule has 6 nitrogen and oxygen atoms in total. The third-order valence-electron chi connectivity index (χ3n) is 5.85. The lowest BCUT2D eigenvalue weighted by Gasteiger charge is -2.17. The molecule has 0 unspecified atom stereocenters. The van der Waals surface area contributed by atoms with Crippen molar-refractivity contribution < 1.29 is 14.7 Å². The number of nitrogens with one attached hydrogen (secondary N) is 2. The Hall–Kier alpha value is -3.61. The van der Waals surface area contributed by atoms with E-state index in [4.69, 9.17) is 17.3 Å². The second-order valence-electron chi connectivity index (χ2n) is 8.51. The predicted molar refractivity (Wildman–Crippen MR) is 134 cm³/mol. The largest absolute Gasteiger partial charge is 0.386 e. The predicted octanol–water partition coefficient (Wildman–Crippen LogP) is 5.40. The first-order chi connectivity index (χ1) is 15.5. The zero-order valence-corrected chi connectivity index (χ0v) is 19.3. The van der Waals surface area contributed by atoms with Crippen molar-refractivity contribution in [3.05, 3.63) is 76.8 Å². The van der Waals surface area contributed by atoms with Gasteiger partial charge in [-0.2, -0.15) is 0 Å². The van der Waals surface area contributed by atoms with E-state index in [1.54, 1.807) is 26.0 Å².